The van der Waals surface area contributed by atoms with Crippen LogP contribution in [-0.4, -0.2) is 23.2 Å². The molecule has 3 nitrogen and oxygen atoms in total. The van der Waals surface area contributed by atoms with Gasteiger partial charge in [0.1, 0.15) is 0 Å². The molecule has 1 unspecified atom stereocenters. The summed E-state index contributed by atoms with van der Waals surface area (Å²) < 4.78 is 0. The Balaban J connectivity index is 0.00000280. The number of hydrogen-bond donors (Lipinski definition) is 2. The van der Waals surface area contributed by atoms with Crippen molar-refractivity contribution in [3.8, 4) is 22.5 Å². The van der Waals surface area contributed by atoms with Crippen molar-refractivity contribution in [1.82, 2.24) is 10.3 Å². The summed E-state index contributed by atoms with van der Waals surface area (Å²) in [7, 11) is 0. The molecule has 3 aromatic rings. The lowest BCUT2D eigenvalue weighted by Crippen LogP contribution is -2.22. The average Bonchev–Trinajstić information content (AvgIpc) is 2.74. The van der Waals surface area contributed by atoms with Crippen LogP contribution in [0.1, 0.15) is 37.9 Å². The number of benzene rings is 2. The first-order valence-electron chi connectivity index (χ1n) is 9.79. The van der Waals surface area contributed by atoms with Gasteiger partial charge in [0.2, 0.25) is 0 Å². The molecule has 1 aromatic heterocycles. The van der Waals surface area contributed by atoms with Crippen LogP contribution in [0.15, 0.2) is 72.8 Å². The fraction of sp³-hybridized carbons (Fsp3) is 0.292. The predicted octanol–water partition coefficient (Wildman–Crippen LogP) is 5.65. The summed E-state index contributed by atoms with van der Waals surface area (Å²) in [5.41, 5.74) is 4.78. The molecular weight excluding hydrogens is 368 g/mol. The first-order chi connectivity index (χ1) is 13.3. The van der Waals surface area contributed by atoms with E-state index in [2.05, 4.69) is 36.5 Å². The number of aliphatic hydroxyl groups is 1. The quantitative estimate of drug-likeness (QED) is 0.459. The molecule has 0 saturated carbocycles. The maximum absolute atomic E-state index is 10.7. The minimum Gasteiger partial charge on any atom is -0.387 e. The van der Waals surface area contributed by atoms with Crippen molar-refractivity contribution in [3.05, 3.63) is 78.4 Å². The number of hydrogen-bond acceptors (Lipinski definition) is 3. The fourth-order valence-electron chi connectivity index (χ4n) is 3.11. The van der Waals surface area contributed by atoms with Gasteiger partial charge in [-0.25, -0.2) is 4.98 Å². The van der Waals surface area contributed by atoms with Crippen molar-refractivity contribution < 1.29 is 5.11 Å². The Hall–Kier alpha value is -2.20. The van der Waals surface area contributed by atoms with Gasteiger partial charge in [-0.15, -0.1) is 12.4 Å². The third-order valence-corrected chi connectivity index (χ3v) is 4.67. The lowest BCUT2D eigenvalue weighted by atomic mass is 10.0. The highest BCUT2D eigenvalue weighted by Gasteiger charge is 2.13. The van der Waals surface area contributed by atoms with Crippen LogP contribution < -0.4 is 5.32 Å². The van der Waals surface area contributed by atoms with Gasteiger partial charge in [-0.05, 0) is 30.7 Å². The Labute approximate surface area is 174 Å². The molecule has 0 saturated heterocycles. The Kier molecular flexibility index (Phi) is 9.15. The van der Waals surface area contributed by atoms with E-state index in [1.165, 1.54) is 12.8 Å². The van der Waals surface area contributed by atoms with Crippen molar-refractivity contribution in [1.29, 1.82) is 0 Å². The molecule has 0 amide bonds. The average molecular weight is 397 g/mol. The maximum Gasteiger partial charge on any atom is 0.0915 e. The molecule has 1 heterocycles. The minimum absolute atomic E-state index is 0. The molecule has 0 aliphatic rings. The molecule has 3 rings (SSSR count). The van der Waals surface area contributed by atoms with Gasteiger partial charge in [-0.1, -0.05) is 80.4 Å². The van der Waals surface area contributed by atoms with E-state index in [4.69, 9.17) is 4.98 Å². The van der Waals surface area contributed by atoms with Crippen LogP contribution in [0, 0.1) is 0 Å². The molecule has 28 heavy (non-hydrogen) atoms. The van der Waals surface area contributed by atoms with Crippen LogP contribution in [0.5, 0.6) is 0 Å². The third-order valence-electron chi connectivity index (χ3n) is 4.67. The van der Waals surface area contributed by atoms with Crippen molar-refractivity contribution in [2.45, 2.75) is 32.3 Å². The van der Waals surface area contributed by atoms with E-state index in [1.54, 1.807) is 0 Å². The fourth-order valence-corrected chi connectivity index (χ4v) is 3.11. The topological polar surface area (TPSA) is 45.1 Å². The van der Waals surface area contributed by atoms with Gasteiger partial charge in [-0.3, -0.25) is 0 Å². The Bertz CT molecular complexity index is 767. The molecule has 0 fully saturated rings. The molecule has 2 N–H and O–H groups in total. The summed E-state index contributed by atoms with van der Waals surface area (Å²) in [6.07, 6.45) is 3.01. The van der Waals surface area contributed by atoms with Gasteiger partial charge in [-0.2, -0.15) is 0 Å². The van der Waals surface area contributed by atoms with Gasteiger partial charge >= 0.3 is 0 Å². The van der Waals surface area contributed by atoms with Gasteiger partial charge in [0.05, 0.1) is 17.5 Å². The van der Waals surface area contributed by atoms with E-state index in [-0.39, 0.29) is 12.4 Å². The maximum atomic E-state index is 10.7. The molecule has 0 radical (unpaired) electrons. The summed E-state index contributed by atoms with van der Waals surface area (Å²) in [5, 5.41) is 14.1. The number of unbranched alkanes of at least 4 members (excludes halogenated alkanes) is 2. The third kappa shape index (κ3) is 6.16. The van der Waals surface area contributed by atoms with Crippen LogP contribution in [0.3, 0.4) is 0 Å². The van der Waals surface area contributed by atoms with Crippen LogP contribution in [0.4, 0.5) is 0 Å². The van der Waals surface area contributed by atoms with Gasteiger partial charge in [0.15, 0.2) is 0 Å². The van der Waals surface area contributed by atoms with E-state index in [1.807, 2.05) is 48.5 Å². The number of rotatable bonds is 9. The smallest absolute Gasteiger partial charge is 0.0915 e. The molecule has 148 valence electrons. The molecule has 0 aliphatic carbocycles. The second-order valence-electron chi connectivity index (χ2n) is 6.83. The Morgan fingerprint density at radius 3 is 1.89 bits per heavy atom. The molecule has 0 aliphatic heterocycles. The summed E-state index contributed by atoms with van der Waals surface area (Å²) in [5.74, 6) is 0. The van der Waals surface area contributed by atoms with Gasteiger partial charge in [0, 0.05) is 17.7 Å². The zero-order valence-corrected chi connectivity index (χ0v) is 17.2. The lowest BCUT2D eigenvalue weighted by molar-refractivity contribution is 0.174. The zero-order valence-electron chi connectivity index (χ0n) is 16.3. The van der Waals surface area contributed by atoms with Gasteiger partial charge in [0.25, 0.3) is 0 Å². The summed E-state index contributed by atoms with van der Waals surface area (Å²) in [6.45, 7) is 3.69. The molecule has 4 heteroatoms. The summed E-state index contributed by atoms with van der Waals surface area (Å²) in [4.78, 5) is 4.85. The summed E-state index contributed by atoms with van der Waals surface area (Å²) in [6, 6.07) is 24.3. The molecule has 1 atom stereocenters. The van der Waals surface area contributed by atoms with Crippen LogP contribution in [0.2, 0.25) is 0 Å². The lowest BCUT2D eigenvalue weighted by Gasteiger charge is -2.15. The van der Waals surface area contributed by atoms with Crippen molar-refractivity contribution >= 4 is 12.4 Å². The number of aromatic nitrogens is 1. The van der Waals surface area contributed by atoms with E-state index in [9.17, 15) is 5.11 Å². The zero-order chi connectivity index (χ0) is 18.9. The second-order valence-corrected chi connectivity index (χ2v) is 6.83. The standard InChI is InChI=1S/C24H28N2O.ClH/c1-2-3-10-15-25-18-24(27)21-16-22(19-11-6-4-7-12-19)26-23(17-21)20-13-8-5-9-14-20;/h4-9,11-14,16-17,24-25,27H,2-3,10,15,18H2,1H3;1H. The number of nitrogens with one attached hydrogen (secondary N) is 1. The predicted molar refractivity (Wildman–Crippen MR) is 120 cm³/mol. The van der Waals surface area contributed by atoms with Crippen molar-refractivity contribution in [2.24, 2.45) is 0 Å². The van der Waals surface area contributed by atoms with Crippen molar-refractivity contribution in [3.63, 3.8) is 0 Å². The van der Waals surface area contributed by atoms with E-state index >= 15 is 0 Å². The normalized spacial score (nSPS) is 11.6. The van der Waals surface area contributed by atoms with E-state index in [0.717, 1.165) is 41.0 Å². The van der Waals surface area contributed by atoms with Crippen LogP contribution >= 0.6 is 12.4 Å². The van der Waals surface area contributed by atoms with Crippen LogP contribution in [0.25, 0.3) is 22.5 Å². The number of halogens is 1. The van der Waals surface area contributed by atoms with Gasteiger partial charge < -0.3 is 10.4 Å². The van der Waals surface area contributed by atoms with Crippen LogP contribution in [-0.2, 0) is 0 Å². The molecule has 0 spiro atoms. The molecule has 2 aromatic carbocycles. The minimum atomic E-state index is -0.556. The number of pyridine rings is 1. The monoisotopic (exact) mass is 396 g/mol. The highest BCUT2D eigenvalue weighted by molar-refractivity contribution is 5.85. The highest BCUT2D eigenvalue weighted by atomic mass is 35.5. The first-order valence-corrected chi connectivity index (χ1v) is 9.79. The van der Waals surface area contributed by atoms with E-state index in [0.29, 0.717) is 6.54 Å². The largest absolute Gasteiger partial charge is 0.387 e. The van der Waals surface area contributed by atoms with E-state index < -0.39 is 6.10 Å². The SMILES string of the molecule is CCCCCNCC(O)c1cc(-c2ccccc2)nc(-c2ccccc2)c1.Cl. The summed E-state index contributed by atoms with van der Waals surface area (Å²) >= 11 is 0. The second kappa shape index (κ2) is 11.6. The highest BCUT2D eigenvalue weighted by Crippen LogP contribution is 2.27. The number of aliphatic hydroxyl groups excluding tert-OH is 1. The Morgan fingerprint density at radius 1 is 0.857 bits per heavy atom. The Morgan fingerprint density at radius 2 is 1.39 bits per heavy atom. The number of nitrogens with zero attached hydrogens (tertiary/aromatic N) is 1. The molecular formula is C24H29ClN2O. The first kappa shape index (κ1) is 22.1. The van der Waals surface area contributed by atoms with Crippen molar-refractivity contribution in [2.75, 3.05) is 13.1 Å². The molecule has 0 bridgehead atoms.